The number of rotatable bonds is 8. The Morgan fingerprint density at radius 3 is 1.81 bits per heavy atom. The van der Waals surface area contributed by atoms with Crippen LogP contribution >= 0.6 is 0 Å². The molecule has 0 atom stereocenters. The zero-order valence-electron chi connectivity index (χ0n) is 16.9. The van der Waals surface area contributed by atoms with E-state index >= 15 is 0 Å². The van der Waals surface area contributed by atoms with Crippen molar-refractivity contribution in [1.82, 2.24) is 0 Å². The van der Waals surface area contributed by atoms with Gasteiger partial charge in [-0.15, -0.1) is 11.8 Å². The average Bonchev–Trinajstić information content (AvgIpc) is 2.67. The first-order valence-electron chi connectivity index (χ1n) is 9.84. The summed E-state index contributed by atoms with van der Waals surface area (Å²) in [6.07, 6.45) is 3.46. The zero-order valence-corrected chi connectivity index (χ0v) is 17.9. The van der Waals surface area contributed by atoms with Crippen LogP contribution in [0.15, 0.2) is 60.7 Å². The van der Waals surface area contributed by atoms with Crippen molar-refractivity contribution in [3.63, 3.8) is 0 Å². The molecule has 0 aliphatic heterocycles. The first-order valence-corrected chi connectivity index (χ1v) is 11.7. The third kappa shape index (κ3) is 5.56. The Morgan fingerprint density at radius 2 is 1.33 bits per heavy atom. The molecule has 144 valence electrons. The highest BCUT2D eigenvalue weighted by molar-refractivity contribution is 6.99. The molecule has 0 aliphatic carbocycles. The molecule has 0 spiro atoms. The Labute approximate surface area is 165 Å². The van der Waals surface area contributed by atoms with Gasteiger partial charge in [-0.25, -0.2) is 0 Å². The van der Waals surface area contributed by atoms with Gasteiger partial charge in [0.1, 0.15) is 0 Å². The molecule has 2 aromatic rings. The maximum Gasteiger partial charge on any atom is 0.261 e. The lowest BCUT2D eigenvalue weighted by Crippen LogP contribution is -2.66. The molecule has 0 heterocycles. The van der Waals surface area contributed by atoms with E-state index in [4.69, 9.17) is 9.53 Å². The lowest BCUT2D eigenvalue weighted by molar-refractivity contribution is 0.289. The first kappa shape index (κ1) is 21.4. The molecule has 1 N–H and O–H groups in total. The van der Waals surface area contributed by atoms with Gasteiger partial charge in [0.2, 0.25) is 0 Å². The lowest BCUT2D eigenvalue weighted by Gasteiger charge is -2.43. The normalized spacial score (nSPS) is 11.7. The topological polar surface area (TPSA) is 29.5 Å². The monoisotopic (exact) mass is 380 g/mol. The van der Waals surface area contributed by atoms with E-state index in [0.29, 0.717) is 6.42 Å². The van der Waals surface area contributed by atoms with Crippen molar-refractivity contribution < 1.29 is 9.53 Å². The minimum absolute atomic E-state index is 0.0244. The number of benzene rings is 2. The molecule has 0 aliphatic rings. The van der Waals surface area contributed by atoms with Gasteiger partial charge in [-0.3, -0.25) is 0 Å². The van der Waals surface area contributed by atoms with Crippen LogP contribution in [0.5, 0.6) is 0 Å². The Morgan fingerprint density at radius 1 is 0.815 bits per heavy atom. The molecule has 0 unspecified atom stereocenters. The highest BCUT2D eigenvalue weighted by Crippen LogP contribution is 2.36. The fourth-order valence-corrected chi connectivity index (χ4v) is 8.14. The van der Waals surface area contributed by atoms with Gasteiger partial charge in [-0.05, 0) is 28.3 Å². The third-order valence-electron chi connectivity index (χ3n) is 4.79. The van der Waals surface area contributed by atoms with Crippen LogP contribution in [0.25, 0.3) is 0 Å². The molecule has 0 aromatic heterocycles. The molecule has 3 heteroatoms. The van der Waals surface area contributed by atoms with E-state index in [1.807, 2.05) is 0 Å². The number of aliphatic hydroxyl groups is 1. The zero-order chi connectivity index (χ0) is 19.6. The van der Waals surface area contributed by atoms with Crippen molar-refractivity contribution in [2.75, 3.05) is 13.2 Å². The summed E-state index contributed by atoms with van der Waals surface area (Å²) < 4.78 is 6.84. The minimum Gasteiger partial charge on any atom is -0.407 e. The van der Waals surface area contributed by atoms with E-state index in [0.717, 1.165) is 25.9 Å². The summed E-state index contributed by atoms with van der Waals surface area (Å²) in [5.74, 6) is 6.11. The van der Waals surface area contributed by atoms with Crippen LogP contribution in [0.3, 0.4) is 0 Å². The Balaban J connectivity index is 2.22. The van der Waals surface area contributed by atoms with Crippen molar-refractivity contribution in [3.8, 4) is 11.8 Å². The Bertz CT molecular complexity index is 684. The standard InChI is InChI=1S/C24H32O2Si/c1-24(2,3)27(22-16-10-8-11-17-22,23-18-12-9-13-19-23)26-21-15-7-5-4-6-14-20-25/h8-13,16-19,25H,5,7,14-15,20-21H2,1-3H3. The predicted octanol–water partition coefficient (Wildman–Crippen LogP) is 4.12. The third-order valence-corrected chi connectivity index (χ3v) is 9.84. The molecule has 2 aromatic carbocycles. The molecule has 0 amide bonds. The summed E-state index contributed by atoms with van der Waals surface area (Å²) in [4.78, 5) is 0. The van der Waals surface area contributed by atoms with Crippen molar-refractivity contribution in [2.45, 2.75) is 51.5 Å². The summed E-state index contributed by atoms with van der Waals surface area (Å²) in [6, 6.07) is 21.5. The van der Waals surface area contributed by atoms with E-state index in [9.17, 15) is 0 Å². The van der Waals surface area contributed by atoms with Gasteiger partial charge in [0.25, 0.3) is 8.32 Å². The second kappa shape index (κ2) is 10.5. The molecular formula is C24H32O2Si. The fourth-order valence-electron chi connectivity index (χ4n) is 3.53. The summed E-state index contributed by atoms with van der Waals surface area (Å²) in [6.45, 7) is 7.80. The van der Waals surface area contributed by atoms with Gasteiger partial charge in [0, 0.05) is 19.4 Å². The van der Waals surface area contributed by atoms with Crippen molar-refractivity contribution in [2.24, 2.45) is 0 Å². The summed E-state index contributed by atoms with van der Waals surface area (Å²) in [5.41, 5.74) is 0. The molecule has 2 nitrogen and oxygen atoms in total. The summed E-state index contributed by atoms with van der Waals surface area (Å²) in [7, 11) is -2.40. The highest BCUT2D eigenvalue weighted by Gasteiger charge is 2.49. The molecular weight excluding hydrogens is 348 g/mol. The number of unbranched alkanes of at least 4 members (excludes halogenated alkanes) is 2. The summed E-state index contributed by atoms with van der Waals surface area (Å²) >= 11 is 0. The van der Waals surface area contributed by atoms with E-state index in [-0.39, 0.29) is 11.6 Å². The second-order valence-electron chi connectivity index (χ2n) is 7.80. The largest absolute Gasteiger partial charge is 0.407 e. The van der Waals surface area contributed by atoms with Crippen LogP contribution in [0, 0.1) is 11.8 Å². The summed E-state index contributed by atoms with van der Waals surface area (Å²) in [5, 5.41) is 11.4. The van der Waals surface area contributed by atoms with E-state index in [1.54, 1.807) is 0 Å². The molecule has 0 saturated carbocycles. The van der Waals surface area contributed by atoms with Crippen LogP contribution < -0.4 is 10.4 Å². The van der Waals surface area contributed by atoms with E-state index in [2.05, 4.69) is 93.3 Å². The van der Waals surface area contributed by atoms with Gasteiger partial charge in [0.05, 0.1) is 6.61 Å². The van der Waals surface area contributed by atoms with Crippen molar-refractivity contribution >= 4 is 18.7 Å². The maximum atomic E-state index is 8.77. The molecule has 0 saturated heterocycles. The van der Waals surface area contributed by atoms with Gasteiger partial charge >= 0.3 is 0 Å². The Kier molecular flexibility index (Phi) is 8.31. The fraction of sp³-hybridized carbons (Fsp3) is 0.417. The molecule has 0 radical (unpaired) electrons. The molecule has 2 rings (SSSR count). The first-order chi connectivity index (χ1) is 13.0. The van der Waals surface area contributed by atoms with Crippen LogP contribution in [-0.2, 0) is 4.43 Å². The van der Waals surface area contributed by atoms with Crippen LogP contribution in [0.2, 0.25) is 5.04 Å². The molecule has 0 fully saturated rings. The van der Waals surface area contributed by atoms with Crippen molar-refractivity contribution in [1.29, 1.82) is 0 Å². The molecule has 0 bridgehead atoms. The van der Waals surface area contributed by atoms with Gasteiger partial charge in [-0.2, -0.15) is 0 Å². The van der Waals surface area contributed by atoms with Gasteiger partial charge in [0.15, 0.2) is 0 Å². The van der Waals surface area contributed by atoms with E-state index < -0.39 is 8.32 Å². The second-order valence-corrected chi connectivity index (χ2v) is 12.1. The average molecular weight is 381 g/mol. The van der Waals surface area contributed by atoms with E-state index in [1.165, 1.54) is 10.4 Å². The minimum atomic E-state index is -2.40. The number of hydrogen-bond acceptors (Lipinski definition) is 2. The predicted molar refractivity (Wildman–Crippen MR) is 117 cm³/mol. The van der Waals surface area contributed by atoms with Crippen LogP contribution in [-0.4, -0.2) is 26.6 Å². The maximum absolute atomic E-state index is 8.77. The lowest BCUT2D eigenvalue weighted by atomic mass is 10.2. The SMILES string of the molecule is CC(C)(C)[Si](OCCCCC#CCCO)(c1ccccc1)c1ccccc1. The quantitative estimate of drug-likeness (QED) is 0.424. The smallest absolute Gasteiger partial charge is 0.261 e. The van der Waals surface area contributed by atoms with Crippen LogP contribution in [0.4, 0.5) is 0 Å². The number of hydrogen-bond donors (Lipinski definition) is 1. The van der Waals surface area contributed by atoms with Crippen LogP contribution in [0.1, 0.15) is 46.5 Å². The number of aliphatic hydroxyl groups excluding tert-OH is 1. The van der Waals surface area contributed by atoms with Gasteiger partial charge < -0.3 is 9.53 Å². The van der Waals surface area contributed by atoms with Gasteiger partial charge in [-0.1, -0.05) is 81.4 Å². The molecule has 27 heavy (non-hydrogen) atoms. The van der Waals surface area contributed by atoms with Crippen molar-refractivity contribution in [3.05, 3.63) is 60.7 Å². The Hall–Kier alpha value is -1.86. The highest BCUT2D eigenvalue weighted by atomic mass is 28.4.